The Labute approximate surface area is 174 Å². The van der Waals surface area contributed by atoms with E-state index < -0.39 is 0 Å². The first-order valence-electron chi connectivity index (χ1n) is 10.5. The number of aromatic amines is 1. The number of aromatic nitrogens is 6. The van der Waals surface area contributed by atoms with Gasteiger partial charge in [-0.15, -0.1) is 10.2 Å². The number of nitrogens with one attached hydrogen (secondary N) is 1. The van der Waals surface area contributed by atoms with Crippen molar-refractivity contribution >= 4 is 11.5 Å². The van der Waals surface area contributed by atoms with Gasteiger partial charge in [0.15, 0.2) is 5.82 Å². The summed E-state index contributed by atoms with van der Waals surface area (Å²) in [4.78, 5) is 16.9. The molecule has 0 spiro atoms. The van der Waals surface area contributed by atoms with Crippen LogP contribution in [0.15, 0.2) is 43.0 Å². The van der Waals surface area contributed by atoms with Gasteiger partial charge in [0.05, 0.1) is 35.8 Å². The van der Waals surface area contributed by atoms with E-state index in [9.17, 15) is 0 Å². The number of H-pyrrole nitrogens is 1. The molecule has 2 atom stereocenters. The molecular formula is C22H24N8. The fraction of sp³-hybridized carbons (Fsp3) is 0.364. The second-order valence-corrected chi connectivity index (χ2v) is 8.31. The average Bonchev–Trinajstić information content (AvgIpc) is 3.48. The Morgan fingerprint density at radius 3 is 2.87 bits per heavy atom. The van der Waals surface area contributed by atoms with Gasteiger partial charge in [-0.1, -0.05) is 0 Å². The molecule has 2 saturated heterocycles. The molecule has 2 unspecified atom stereocenters. The summed E-state index contributed by atoms with van der Waals surface area (Å²) in [7, 11) is 2.12. The molecule has 2 aliphatic rings. The Hall–Kier alpha value is -3.26. The quantitative estimate of drug-likeness (QED) is 0.567. The zero-order valence-corrected chi connectivity index (χ0v) is 17.2. The molecule has 8 heteroatoms. The van der Waals surface area contributed by atoms with Crippen molar-refractivity contribution in [3.63, 3.8) is 0 Å². The molecule has 1 N–H and O–H groups in total. The second-order valence-electron chi connectivity index (χ2n) is 8.31. The van der Waals surface area contributed by atoms with Crippen LogP contribution in [-0.4, -0.2) is 60.2 Å². The molecule has 0 saturated carbocycles. The first-order chi connectivity index (χ1) is 14.7. The molecule has 0 amide bonds. The van der Waals surface area contributed by atoms with Crippen LogP contribution in [0.1, 0.15) is 25.0 Å². The van der Waals surface area contributed by atoms with E-state index in [1.165, 1.54) is 25.8 Å². The lowest BCUT2D eigenvalue weighted by atomic mass is 9.99. The number of hydrogen-bond acceptors (Lipinski definition) is 6. The van der Waals surface area contributed by atoms with Crippen LogP contribution < -0.4 is 4.90 Å². The summed E-state index contributed by atoms with van der Waals surface area (Å²) in [5.74, 6) is 0.918. The monoisotopic (exact) mass is 400 g/mol. The van der Waals surface area contributed by atoms with Crippen molar-refractivity contribution in [2.45, 2.75) is 38.4 Å². The minimum atomic E-state index is 0.453. The minimum Gasteiger partial charge on any atom is -0.345 e. The number of hydrogen-bond donors (Lipinski definition) is 1. The zero-order chi connectivity index (χ0) is 20.2. The topological polar surface area (TPSA) is 78.2 Å². The summed E-state index contributed by atoms with van der Waals surface area (Å²) in [6.45, 7) is 3.20. The van der Waals surface area contributed by atoms with E-state index in [-0.39, 0.29) is 0 Å². The lowest BCUT2D eigenvalue weighted by Crippen LogP contribution is -2.59. The molecule has 8 nitrogen and oxygen atoms in total. The van der Waals surface area contributed by atoms with E-state index in [4.69, 9.17) is 4.98 Å². The van der Waals surface area contributed by atoms with Gasteiger partial charge in [-0.05, 0) is 50.5 Å². The van der Waals surface area contributed by atoms with Crippen molar-refractivity contribution in [3.05, 3.63) is 48.7 Å². The standard InChI is InChI=1S/C22H24N8/c1-14-12-30-19(7-5-16(22(30)25-14)18-11-23-13-24-18)17-6-8-20(27-26-17)28(2)21-10-15-4-3-9-29(15)21/h5-8,11-13,15,21H,3-4,9-10H2,1-2H3,(H,23,24). The van der Waals surface area contributed by atoms with E-state index in [0.717, 1.165) is 45.8 Å². The van der Waals surface area contributed by atoms with Crippen LogP contribution in [0.2, 0.25) is 0 Å². The molecule has 0 radical (unpaired) electrons. The molecule has 4 aromatic rings. The SMILES string of the molecule is Cc1cn2c(-c3ccc(N(C)C4CC5CCCN54)nn3)ccc(-c3cnc[nH]3)c2n1. The van der Waals surface area contributed by atoms with Crippen LogP contribution in [-0.2, 0) is 0 Å². The van der Waals surface area contributed by atoms with Crippen molar-refractivity contribution < 1.29 is 0 Å². The maximum absolute atomic E-state index is 4.73. The number of pyridine rings is 1. The summed E-state index contributed by atoms with van der Waals surface area (Å²) >= 11 is 0. The van der Waals surface area contributed by atoms with Crippen LogP contribution in [0, 0.1) is 6.92 Å². The van der Waals surface area contributed by atoms with E-state index in [1.54, 1.807) is 6.33 Å². The number of imidazole rings is 2. The molecule has 0 aromatic carbocycles. The van der Waals surface area contributed by atoms with Crippen molar-refractivity contribution in [2.24, 2.45) is 0 Å². The van der Waals surface area contributed by atoms with Gasteiger partial charge in [0.1, 0.15) is 11.3 Å². The maximum atomic E-state index is 4.73. The molecule has 2 fully saturated rings. The van der Waals surface area contributed by atoms with Crippen LogP contribution in [0.4, 0.5) is 5.82 Å². The highest BCUT2D eigenvalue weighted by atomic mass is 15.4. The van der Waals surface area contributed by atoms with Crippen LogP contribution in [0.3, 0.4) is 0 Å². The van der Waals surface area contributed by atoms with Gasteiger partial charge in [0.2, 0.25) is 0 Å². The van der Waals surface area contributed by atoms with Gasteiger partial charge in [0.25, 0.3) is 0 Å². The highest BCUT2D eigenvalue weighted by Crippen LogP contribution is 2.37. The molecule has 0 bridgehead atoms. The van der Waals surface area contributed by atoms with Crippen LogP contribution in [0.5, 0.6) is 0 Å². The summed E-state index contributed by atoms with van der Waals surface area (Å²) in [5, 5.41) is 9.13. The van der Waals surface area contributed by atoms with E-state index in [2.05, 4.69) is 65.7 Å². The summed E-state index contributed by atoms with van der Waals surface area (Å²) in [6, 6.07) is 9.03. The number of rotatable bonds is 4. The summed E-state index contributed by atoms with van der Waals surface area (Å²) < 4.78 is 2.08. The highest BCUT2D eigenvalue weighted by molar-refractivity contribution is 5.78. The van der Waals surface area contributed by atoms with Gasteiger partial charge in [0, 0.05) is 31.4 Å². The van der Waals surface area contributed by atoms with Gasteiger partial charge < -0.3 is 9.88 Å². The van der Waals surface area contributed by atoms with E-state index in [1.807, 2.05) is 19.3 Å². The Bertz CT molecular complexity index is 1190. The molecule has 30 heavy (non-hydrogen) atoms. The summed E-state index contributed by atoms with van der Waals surface area (Å²) in [5.41, 5.74) is 5.60. The Balaban J connectivity index is 1.34. The van der Waals surface area contributed by atoms with Crippen LogP contribution in [0.25, 0.3) is 28.3 Å². The van der Waals surface area contributed by atoms with Gasteiger partial charge >= 0.3 is 0 Å². The highest BCUT2D eigenvalue weighted by Gasteiger charge is 2.43. The largest absolute Gasteiger partial charge is 0.345 e. The van der Waals surface area contributed by atoms with Crippen molar-refractivity contribution in [1.82, 2.24) is 34.4 Å². The fourth-order valence-corrected chi connectivity index (χ4v) is 4.94. The Morgan fingerprint density at radius 2 is 2.10 bits per heavy atom. The van der Waals surface area contributed by atoms with Gasteiger partial charge in [-0.25, -0.2) is 9.97 Å². The number of aryl methyl sites for hydroxylation is 1. The molecule has 6 heterocycles. The Morgan fingerprint density at radius 1 is 1.17 bits per heavy atom. The molecule has 4 aromatic heterocycles. The average molecular weight is 400 g/mol. The number of anilines is 1. The predicted molar refractivity (Wildman–Crippen MR) is 115 cm³/mol. The van der Waals surface area contributed by atoms with Crippen molar-refractivity contribution in [1.29, 1.82) is 0 Å². The third-order valence-corrected chi connectivity index (χ3v) is 6.53. The van der Waals surface area contributed by atoms with Gasteiger partial charge in [-0.3, -0.25) is 9.30 Å². The second kappa shape index (κ2) is 6.63. The van der Waals surface area contributed by atoms with Crippen molar-refractivity contribution in [2.75, 3.05) is 18.5 Å². The lowest BCUT2D eigenvalue weighted by molar-refractivity contribution is 0.0550. The smallest absolute Gasteiger partial charge is 0.152 e. The molecule has 6 rings (SSSR count). The van der Waals surface area contributed by atoms with Crippen molar-refractivity contribution in [3.8, 4) is 22.6 Å². The van der Waals surface area contributed by atoms with E-state index >= 15 is 0 Å². The Kier molecular flexibility index (Phi) is 3.89. The molecule has 2 aliphatic heterocycles. The minimum absolute atomic E-state index is 0.453. The summed E-state index contributed by atoms with van der Waals surface area (Å²) in [6.07, 6.45) is 9.86. The fourth-order valence-electron chi connectivity index (χ4n) is 4.94. The third kappa shape index (κ3) is 2.64. The molecule has 0 aliphatic carbocycles. The normalized spacial score (nSPS) is 21.0. The maximum Gasteiger partial charge on any atom is 0.152 e. The van der Waals surface area contributed by atoms with Gasteiger partial charge in [-0.2, -0.15) is 0 Å². The van der Waals surface area contributed by atoms with Crippen LogP contribution >= 0.6 is 0 Å². The number of nitrogens with zero attached hydrogens (tertiary/aromatic N) is 7. The predicted octanol–water partition coefficient (Wildman–Crippen LogP) is 3.12. The zero-order valence-electron chi connectivity index (χ0n) is 17.2. The lowest BCUT2D eigenvalue weighted by Gasteiger charge is -2.49. The first-order valence-corrected chi connectivity index (χ1v) is 10.5. The number of fused-ring (bicyclic) bond motifs is 2. The van der Waals surface area contributed by atoms with E-state index in [0.29, 0.717) is 6.17 Å². The molecule has 152 valence electrons. The third-order valence-electron chi connectivity index (χ3n) is 6.53. The first kappa shape index (κ1) is 17.6. The molecular weight excluding hydrogens is 376 g/mol.